The molecule has 1 saturated heterocycles. The summed E-state index contributed by atoms with van der Waals surface area (Å²) in [6, 6.07) is 13.4. The number of carbonyl (C=O) groups excluding carboxylic acids is 2. The van der Waals surface area contributed by atoms with Crippen LogP contribution in [-0.4, -0.2) is 67.1 Å². The molecule has 8 heteroatoms. The molecule has 0 radical (unpaired) electrons. The number of ether oxygens (including phenoxy) is 2. The van der Waals surface area contributed by atoms with E-state index in [-0.39, 0.29) is 6.04 Å². The summed E-state index contributed by atoms with van der Waals surface area (Å²) in [6.07, 6.45) is 3.37. The predicted octanol–water partition coefficient (Wildman–Crippen LogP) is 2.90. The summed E-state index contributed by atoms with van der Waals surface area (Å²) in [5.41, 5.74) is 15.3. The summed E-state index contributed by atoms with van der Waals surface area (Å²) in [6.45, 7) is 7.44. The van der Waals surface area contributed by atoms with Crippen LogP contribution in [0.1, 0.15) is 42.9 Å². The van der Waals surface area contributed by atoms with Gasteiger partial charge in [0.1, 0.15) is 11.8 Å². The third kappa shape index (κ3) is 7.70. The largest absolute Gasteiger partial charge is 0.497 e. The number of benzene rings is 2. The summed E-state index contributed by atoms with van der Waals surface area (Å²) in [7, 11) is 1.59. The van der Waals surface area contributed by atoms with E-state index in [4.69, 9.17) is 20.9 Å². The van der Waals surface area contributed by atoms with Gasteiger partial charge in [-0.15, -0.1) is 0 Å². The number of carbonyl (C=O) groups is 2. The summed E-state index contributed by atoms with van der Waals surface area (Å²) >= 11 is 0. The van der Waals surface area contributed by atoms with Crippen molar-refractivity contribution in [2.75, 3.05) is 39.1 Å². The number of hydrogen-bond acceptors (Lipinski definition) is 7. The maximum absolute atomic E-state index is 13.4. The van der Waals surface area contributed by atoms with Gasteiger partial charge in [-0.05, 0) is 63.0 Å². The molecule has 1 aliphatic rings. The van der Waals surface area contributed by atoms with E-state index in [2.05, 4.69) is 47.9 Å². The topological polar surface area (TPSA) is 111 Å². The Bertz CT molecular complexity index is 1000. The van der Waals surface area contributed by atoms with Crippen molar-refractivity contribution in [3.8, 4) is 5.75 Å². The Kier molecular flexibility index (Phi) is 10.1. The molecule has 1 aliphatic heterocycles. The van der Waals surface area contributed by atoms with Crippen LogP contribution < -0.4 is 16.2 Å². The fourth-order valence-electron chi connectivity index (χ4n) is 4.86. The van der Waals surface area contributed by atoms with Crippen molar-refractivity contribution in [2.45, 2.75) is 58.2 Å². The third-order valence-electron chi connectivity index (χ3n) is 6.85. The number of esters is 1. The maximum Gasteiger partial charge on any atom is 0.324 e. The average Bonchev–Trinajstić information content (AvgIpc) is 2.87. The molecule has 0 aromatic heterocycles. The highest BCUT2D eigenvalue weighted by Crippen LogP contribution is 2.27. The van der Waals surface area contributed by atoms with Gasteiger partial charge >= 0.3 is 5.97 Å². The molecular weight excluding hydrogens is 456 g/mol. The molecule has 0 saturated carbocycles. The van der Waals surface area contributed by atoms with Gasteiger partial charge in [0.15, 0.2) is 6.61 Å². The minimum absolute atomic E-state index is 0.185. The zero-order chi connectivity index (χ0) is 26.1. The van der Waals surface area contributed by atoms with E-state index in [1.165, 1.54) is 5.56 Å². The standard InChI is InChI=1S/C28H40N4O4/c1-4-13-31-14-11-23(12-15-31)32(18-21-7-5-20(2)6-8-21)26(28(34)36-19-27(30)33)16-22-9-10-24(35-3)17-25(22)29/h5-10,17,23,26H,4,11-16,18-19,29H2,1-3H3,(H2,30,33). The van der Waals surface area contributed by atoms with Gasteiger partial charge < -0.3 is 25.8 Å². The second-order valence-electron chi connectivity index (χ2n) is 9.59. The highest BCUT2D eigenvalue weighted by Gasteiger charge is 2.35. The van der Waals surface area contributed by atoms with Crippen molar-refractivity contribution >= 4 is 17.6 Å². The number of amides is 1. The van der Waals surface area contributed by atoms with Gasteiger partial charge in [-0.1, -0.05) is 42.8 Å². The van der Waals surface area contributed by atoms with Crippen LogP contribution in [0.4, 0.5) is 5.69 Å². The number of hydrogen-bond donors (Lipinski definition) is 2. The third-order valence-corrected chi connectivity index (χ3v) is 6.85. The Labute approximate surface area is 214 Å². The Balaban J connectivity index is 1.93. The summed E-state index contributed by atoms with van der Waals surface area (Å²) < 4.78 is 10.7. The number of anilines is 1. The smallest absolute Gasteiger partial charge is 0.324 e. The number of nitrogens with zero attached hydrogens (tertiary/aromatic N) is 2. The molecule has 2 aromatic carbocycles. The number of rotatable bonds is 12. The van der Waals surface area contributed by atoms with Crippen molar-refractivity contribution in [1.82, 2.24) is 9.80 Å². The first-order chi connectivity index (χ1) is 17.3. The van der Waals surface area contributed by atoms with E-state index >= 15 is 0 Å². The fourth-order valence-corrected chi connectivity index (χ4v) is 4.86. The lowest BCUT2D eigenvalue weighted by Crippen LogP contribution is -2.52. The monoisotopic (exact) mass is 496 g/mol. The van der Waals surface area contributed by atoms with E-state index in [0.717, 1.165) is 50.0 Å². The van der Waals surface area contributed by atoms with Crippen molar-refractivity contribution in [3.05, 3.63) is 59.2 Å². The van der Waals surface area contributed by atoms with E-state index in [9.17, 15) is 9.59 Å². The molecule has 0 aliphatic carbocycles. The number of nitrogen functional groups attached to an aromatic ring is 1. The quantitative estimate of drug-likeness (QED) is 0.343. The average molecular weight is 497 g/mol. The molecule has 3 rings (SSSR count). The van der Waals surface area contributed by atoms with E-state index < -0.39 is 24.5 Å². The van der Waals surface area contributed by atoms with Crippen LogP contribution in [0.5, 0.6) is 5.75 Å². The molecule has 8 nitrogen and oxygen atoms in total. The summed E-state index contributed by atoms with van der Waals surface area (Å²) in [4.78, 5) is 29.5. The second kappa shape index (κ2) is 13.3. The van der Waals surface area contributed by atoms with Gasteiger partial charge in [0, 0.05) is 30.8 Å². The van der Waals surface area contributed by atoms with Crippen LogP contribution in [0.3, 0.4) is 0 Å². The van der Waals surface area contributed by atoms with Gasteiger partial charge in [-0.2, -0.15) is 0 Å². The zero-order valence-corrected chi connectivity index (χ0v) is 21.7. The first-order valence-electron chi connectivity index (χ1n) is 12.7. The molecule has 196 valence electrons. The molecule has 0 spiro atoms. The predicted molar refractivity (Wildman–Crippen MR) is 142 cm³/mol. The Morgan fingerprint density at radius 2 is 1.83 bits per heavy atom. The van der Waals surface area contributed by atoms with E-state index in [1.54, 1.807) is 13.2 Å². The minimum atomic E-state index is -0.677. The lowest BCUT2D eigenvalue weighted by Gasteiger charge is -2.41. The van der Waals surface area contributed by atoms with Crippen LogP contribution in [0.15, 0.2) is 42.5 Å². The molecule has 1 heterocycles. The van der Waals surface area contributed by atoms with Gasteiger partial charge in [0.2, 0.25) is 0 Å². The maximum atomic E-state index is 13.4. The minimum Gasteiger partial charge on any atom is -0.497 e. The number of piperidine rings is 1. The van der Waals surface area contributed by atoms with Gasteiger partial charge in [0.25, 0.3) is 5.91 Å². The van der Waals surface area contributed by atoms with Gasteiger partial charge in [-0.25, -0.2) is 0 Å². The number of primary amides is 1. The van der Waals surface area contributed by atoms with E-state index in [0.29, 0.717) is 24.4 Å². The van der Waals surface area contributed by atoms with Crippen molar-refractivity contribution in [2.24, 2.45) is 5.73 Å². The molecule has 36 heavy (non-hydrogen) atoms. The number of aryl methyl sites for hydroxylation is 1. The normalized spacial score (nSPS) is 15.6. The molecule has 1 atom stereocenters. The molecule has 1 unspecified atom stereocenters. The highest BCUT2D eigenvalue weighted by molar-refractivity contribution is 5.81. The van der Waals surface area contributed by atoms with Crippen molar-refractivity contribution in [3.63, 3.8) is 0 Å². The fraction of sp³-hybridized carbons (Fsp3) is 0.500. The lowest BCUT2D eigenvalue weighted by atomic mass is 9.95. The molecule has 4 N–H and O–H groups in total. The Hall–Kier alpha value is -3.10. The van der Waals surface area contributed by atoms with Crippen molar-refractivity contribution < 1.29 is 19.1 Å². The number of likely N-dealkylation sites (tertiary alicyclic amines) is 1. The van der Waals surface area contributed by atoms with Crippen LogP contribution >= 0.6 is 0 Å². The van der Waals surface area contributed by atoms with E-state index in [1.807, 2.05) is 12.1 Å². The molecule has 1 amide bonds. The number of methoxy groups -OCH3 is 1. The molecule has 0 bridgehead atoms. The van der Waals surface area contributed by atoms with Crippen molar-refractivity contribution in [1.29, 1.82) is 0 Å². The number of nitrogens with two attached hydrogens (primary N) is 2. The zero-order valence-electron chi connectivity index (χ0n) is 21.7. The van der Waals surface area contributed by atoms with Crippen LogP contribution in [0, 0.1) is 6.92 Å². The highest BCUT2D eigenvalue weighted by atomic mass is 16.5. The van der Waals surface area contributed by atoms with Gasteiger partial charge in [0.05, 0.1) is 7.11 Å². The molecule has 1 fully saturated rings. The van der Waals surface area contributed by atoms with Gasteiger partial charge in [-0.3, -0.25) is 14.5 Å². The SMILES string of the molecule is CCCN1CCC(N(Cc2ccc(C)cc2)C(Cc2ccc(OC)cc2N)C(=O)OCC(N)=O)CC1. The summed E-state index contributed by atoms with van der Waals surface area (Å²) in [5.74, 6) is -0.486. The van der Waals surface area contributed by atoms with Crippen LogP contribution in [-0.2, 0) is 27.3 Å². The van der Waals surface area contributed by atoms with Crippen LogP contribution in [0.2, 0.25) is 0 Å². The summed E-state index contributed by atoms with van der Waals surface area (Å²) in [5, 5.41) is 0. The molecular formula is C28H40N4O4. The molecule has 2 aromatic rings. The Morgan fingerprint density at radius 1 is 1.14 bits per heavy atom. The lowest BCUT2D eigenvalue weighted by molar-refractivity contribution is -0.155. The first-order valence-corrected chi connectivity index (χ1v) is 12.7. The second-order valence-corrected chi connectivity index (χ2v) is 9.59. The first kappa shape index (κ1) is 27.5. The van der Waals surface area contributed by atoms with Crippen LogP contribution in [0.25, 0.3) is 0 Å². The Morgan fingerprint density at radius 3 is 2.42 bits per heavy atom.